The van der Waals surface area contributed by atoms with Gasteiger partial charge >= 0.3 is 0 Å². The molecule has 0 radical (unpaired) electrons. The van der Waals surface area contributed by atoms with Gasteiger partial charge in [-0.1, -0.05) is 13.0 Å². The smallest absolute Gasteiger partial charge is 0.222 e. The normalized spacial score (nSPS) is 23.3. The number of thioether (sulfide) groups is 1. The number of amides is 1. The van der Waals surface area contributed by atoms with E-state index in [2.05, 4.69) is 11.9 Å². The summed E-state index contributed by atoms with van der Waals surface area (Å²) >= 11 is 1.97. The fourth-order valence-corrected chi connectivity index (χ4v) is 4.57. The number of hydrogen-bond donors (Lipinski definition) is 0. The molecule has 3 heterocycles. The van der Waals surface area contributed by atoms with Gasteiger partial charge in [0.25, 0.3) is 0 Å². The van der Waals surface area contributed by atoms with E-state index in [1.54, 1.807) is 6.20 Å². The Kier molecular flexibility index (Phi) is 4.50. The fraction of sp³-hybridized carbons (Fsp3) is 0.625. The summed E-state index contributed by atoms with van der Waals surface area (Å²) < 4.78 is 6.24. The van der Waals surface area contributed by atoms with E-state index in [1.807, 2.05) is 34.9 Å². The molecule has 2 aliphatic heterocycles. The van der Waals surface area contributed by atoms with Crippen molar-refractivity contribution in [1.82, 2.24) is 9.88 Å². The Bertz CT molecular complexity index is 488. The van der Waals surface area contributed by atoms with Crippen molar-refractivity contribution in [3.63, 3.8) is 0 Å². The average molecular weight is 306 g/mol. The molecule has 1 amide bonds. The molecule has 0 saturated carbocycles. The Hall–Kier alpha value is -1.07. The summed E-state index contributed by atoms with van der Waals surface area (Å²) in [5.74, 6) is 1.34. The summed E-state index contributed by atoms with van der Waals surface area (Å²) in [5.41, 5.74) is 0.983. The molecular weight excluding hydrogens is 284 g/mol. The first kappa shape index (κ1) is 14.9. The van der Waals surface area contributed by atoms with Gasteiger partial charge in [-0.3, -0.25) is 9.78 Å². The summed E-state index contributed by atoms with van der Waals surface area (Å²) in [6.45, 7) is 4.44. The Morgan fingerprint density at radius 1 is 1.52 bits per heavy atom. The van der Waals surface area contributed by atoms with Gasteiger partial charge in [-0.15, -0.1) is 11.8 Å². The van der Waals surface area contributed by atoms with E-state index in [1.165, 1.54) is 0 Å². The maximum absolute atomic E-state index is 11.8. The van der Waals surface area contributed by atoms with E-state index in [-0.39, 0.29) is 4.75 Å². The van der Waals surface area contributed by atoms with Gasteiger partial charge in [0.15, 0.2) is 0 Å². The average Bonchev–Trinajstić information content (AvgIpc) is 2.89. The molecule has 3 rings (SSSR count). The minimum Gasteiger partial charge on any atom is -0.371 e. The molecule has 4 nitrogen and oxygen atoms in total. The summed E-state index contributed by atoms with van der Waals surface area (Å²) in [6.07, 6.45) is 4.76. The predicted octanol–water partition coefficient (Wildman–Crippen LogP) is 2.48. The van der Waals surface area contributed by atoms with E-state index >= 15 is 0 Å². The minimum absolute atomic E-state index is 0.262. The zero-order chi connectivity index (χ0) is 14.7. The molecule has 2 fully saturated rings. The molecule has 2 saturated heterocycles. The SMILES string of the molecule is CCCC(=O)N1CC2(CC(OCc3ccccn3)CS2)C1. The van der Waals surface area contributed by atoms with E-state index < -0.39 is 0 Å². The molecule has 0 aliphatic carbocycles. The third kappa shape index (κ3) is 3.40. The van der Waals surface area contributed by atoms with Gasteiger partial charge in [0.2, 0.25) is 5.91 Å². The lowest BCUT2D eigenvalue weighted by Gasteiger charge is -2.47. The van der Waals surface area contributed by atoms with Crippen molar-refractivity contribution in [1.29, 1.82) is 0 Å². The van der Waals surface area contributed by atoms with Crippen molar-refractivity contribution in [2.75, 3.05) is 18.8 Å². The second-order valence-corrected chi connectivity index (χ2v) is 7.44. The molecule has 0 aromatic carbocycles. The van der Waals surface area contributed by atoms with Crippen LogP contribution in [0, 0.1) is 0 Å². The van der Waals surface area contributed by atoms with Gasteiger partial charge in [0.05, 0.1) is 23.2 Å². The molecule has 21 heavy (non-hydrogen) atoms. The highest BCUT2D eigenvalue weighted by atomic mass is 32.2. The molecular formula is C16H22N2O2S. The van der Waals surface area contributed by atoms with E-state index in [0.717, 1.165) is 37.4 Å². The lowest BCUT2D eigenvalue weighted by molar-refractivity contribution is -0.136. The number of carbonyl (C=O) groups is 1. The van der Waals surface area contributed by atoms with Gasteiger partial charge in [-0.25, -0.2) is 0 Å². The van der Waals surface area contributed by atoms with Crippen LogP contribution < -0.4 is 0 Å². The first-order valence-corrected chi connectivity index (χ1v) is 8.62. The van der Waals surface area contributed by atoms with Crippen LogP contribution in [0.15, 0.2) is 24.4 Å². The summed E-state index contributed by atoms with van der Waals surface area (Å²) in [7, 11) is 0. The van der Waals surface area contributed by atoms with Gasteiger partial charge in [0.1, 0.15) is 0 Å². The van der Waals surface area contributed by atoms with Crippen molar-refractivity contribution < 1.29 is 9.53 Å². The van der Waals surface area contributed by atoms with Gasteiger partial charge in [-0.2, -0.15) is 0 Å². The number of rotatable bonds is 5. The molecule has 1 aromatic rings. The number of nitrogens with zero attached hydrogens (tertiary/aromatic N) is 2. The largest absolute Gasteiger partial charge is 0.371 e. The van der Waals surface area contributed by atoms with Crippen molar-refractivity contribution in [3.05, 3.63) is 30.1 Å². The molecule has 1 unspecified atom stereocenters. The number of carbonyl (C=O) groups excluding carboxylic acids is 1. The summed E-state index contributed by atoms with van der Waals surface area (Å²) in [5, 5.41) is 0. The van der Waals surface area contributed by atoms with Crippen LogP contribution in [0.1, 0.15) is 31.9 Å². The molecule has 5 heteroatoms. The molecule has 1 spiro atoms. The van der Waals surface area contributed by atoms with E-state index in [4.69, 9.17) is 4.74 Å². The maximum atomic E-state index is 11.8. The van der Waals surface area contributed by atoms with Gasteiger partial charge in [0, 0.05) is 31.5 Å². The van der Waals surface area contributed by atoms with Gasteiger partial charge in [-0.05, 0) is 25.0 Å². The second-order valence-electron chi connectivity index (χ2n) is 5.95. The summed E-state index contributed by atoms with van der Waals surface area (Å²) in [4.78, 5) is 18.1. The first-order chi connectivity index (χ1) is 10.2. The highest BCUT2D eigenvalue weighted by Crippen LogP contribution is 2.46. The lowest BCUT2D eigenvalue weighted by atomic mass is 9.92. The third-order valence-corrected chi connectivity index (χ3v) is 5.72. The number of hydrogen-bond acceptors (Lipinski definition) is 4. The zero-order valence-electron chi connectivity index (χ0n) is 12.5. The highest BCUT2D eigenvalue weighted by molar-refractivity contribution is 8.01. The van der Waals surface area contributed by atoms with Crippen molar-refractivity contribution in [2.24, 2.45) is 0 Å². The van der Waals surface area contributed by atoms with Crippen LogP contribution >= 0.6 is 11.8 Å². The van der Waals surface area contributed by atoms with Crippen molar-refractivity contribution in [3.8, 4) is 0 Å². The number of likely N-dealkylation sites (tertiary alicyclic amines) is 1. The molecule has 0 N–H and O–H groups in total. The standard InChI is InChI=1S/C16H22N2O2S/c1-2-5-15(19)18-11-16(12-18)8-14(10-21-16)20-9-13-6-3-4-7-17-13/h3-4,6-7,14H,2,5,8-12H2,1H3. The lowest BCUT2D eigenvalue weighted by Crippen LogP contribution is -2.60. The molecule has 0 bridgehead atoms. The Labute approximate surface area is 130 Å². The minimum atomic E-state index is 0.262. The molecule has 1 atom stereocenters. The highest BCUT2D eigenvalue weighted by Gasteiger charge is 2.50. The Balaban J connectivity index is 1.43. The Morgan fingerprint density at radius 2 is 2.38 bits per heavy atom. The van der Waals surface area contributed by atoms with Crippen LogP contribution in [0.2, 0.25) is 0 Å². The van der Waals surface area contributed by atoms with E-state index in [9.17, 15) is 4.79 Å². The van der Waals surface area contributed by atoms with Crippen LogP contribution in [-0.4, -0.2) is 45.5 Å². The maximum Gasteiger partial charge on any atom is 0.222 e. The topological polar surface area (TPSA) is 42.4 Å². The predicted molar refractivity (Wildman–Crippen MR) is 84.1 cm³/mol. The van der Waals surface area contributed by atoms with E-state index in [0.29, 0.717) is 25.0 Å². The number of aromatic nitrogens is 1. The monoisotopic (exact) mass is 306 g/mol. The van der Waals surface area contributed by atoms with Crippen LogP contribution in [0.5, 0.6) is 0 Å². The van der Waals surface area contributed by atoms with Crippen LogP contribution in [-0.2, 0) is 16.1 Å². The van der Waals surface area contributed by atoms with Gasteiger partial charge < -0.3 is 9.64 Å². The fourth-order valence-electron chi connectivity index (χ4n) is 3.01. The van der Waals surface area contributed by atoms with Crippen LogP contribution in [0.4, 0.5) is 0 Å². The first-order valence-electron chi connectivity index (χ1n) is 7.64. The molecule has 114 valence electrons. The Morgan fingerprint density at radius 3 is 3.10 bits per heavy atom. The number of ether oxygens (including phenoxy) is 1. The zero-order valence-corrected chi connectivity index (χ0v) is 13.3. The third-order valence-electron chi connectivity index (χ3n) is 4.14. The van der Waals surface area contributed by atoms with Crippen molar-refractivity contribution >= 4 is 17.7 Å². The quantitative estimate of drug-likeness (QED) is 0.838. The number of pyridine rings is 1. The molecule has 1 aromatic heterocycles. The van der Waals surface area contributed by atoms with Crippen LogP contribution in [0.3, 0.4) is 0 Å². The molecule has 2 aliphatic rings. The van der Waals surface area contributed by atoms with Crippen LogP contribution in [0.25, 0.3) is 0 Å². The van der Waals surface area contributed by atoms with Crippen molar-refractivity contribution in [2.45, 2.75) is 43.6 Å². The summed E-state index contributed by atoms with van der Waals surface area (Å²) in [6, 6.07) is 5.90. The second kappa shape index (κ2) is 6.36.